The van der Waals surface area contributed by atoms with Crippen LogP contribution in [0.2, 0.25) is 0 Å². The quantitative estimate of drug-likeness (QED) is 0.784. The number of ether oxygens (including phenoxy) is 2. The Hall–Kier alpha value is -1.89. The standard InChI is InChI=1S/C18H23NO5S/c1-10(2)24-18(22)15-12-5-3-4-6-13(12)25-16(15)19-14(20)9-23-17(21)11-7-8-11/h10-11H,3-9H2,1-2H3,(H,19,20). The molecule has 1 heterocycles. The molecule has 0 unspecified atom stereocenters. The van der Waals surface area contributed by atoms with Gasteiger partial charge in [0.05, 0.1) is 17.6 Å². The van der Waals surface area contributed by atoms with Gasteiger partial charge in [-0.2, -0.15) is 0 Å². The maximum absolute atomic E-state index is 12.5. The van der Waals surface area contributed by atoms with Gasteiger partial charge in [0.15, 0.2) is 6.61 Å². The molecule has 1 fully saturated rings. The minimum atomic E-state index is -0.425. The molecule has 1 aromatic heterocycles. The Morgan fingerprint density at radius 3 is 2.60 bits per heavy atom. The van der Waals surface area contributed by atoms with E-state index in [0.717, 1.165) is 49.0 Å². The number of hydrogen-bond acceptors (Lipinski definition) is 6. The summed E-state index contributed by atoms with van der Waals surface area (Å²) in [5.41, 5.74) is 1.46. The minimum Gasteiger partial charge on any atom is -0.459 e. The van der Waals surface area contributed by atoms with Crippen LogP contribution in [0.25, 0.3) is 0 Å². The van der Waals surface area contributed by atoms with Gasteiger partial charge in [0, 0.05) is 4.88 Å². The lowest BCUT2D eigenvalue weighted by Gasteiger charge is -2.14. The van der Waals surface area contributed by atoms with Gasteiger partial charge in [0.1, 0.15) is 5.00 Å². The van der Waals surface area contributed by atoms with E-state index < -0.39 is 11.9 Å². The summed E-state index contributed by atoms with van der Waals surface area (Å²) in [5.74, 6) is -1.19. The largest absolute Gasteiger partial charge is 0.459 e. The number of esters is 2. The molecule has 6 nitrogen and oxygen atoms in total. The first-order valence-corrected chi connectivity index (χ1v) is 9.59. The number of thiophene rings is 1. The zero-order valence-electron chi connectivity index (χ0n) is 14.6. The Bertz CT molecular complexity index is 690. The fourth-order valence-corrected chi connectivity index (χ4v) is 4.17. The highest BCUT2D eigenvalue weighted by atomic mass is 32.1. The van der Waals surface area contributed by atoms with Crippen LogP contribution >= 0.6 is 11.3 Å². The second-order valence-corrected chi connectivity index (χ2v) is 7.90. The average Bonchev–Trinajstić information content (AvgIpc) is 3.33. The third-order valence-electron chi connectivity index (χ3n) is 4.23. The number of fused-ring (bicyclic) bond motifs is 1. The second kappa shape index (κ2) is 7.56. The summed E-state index contributed by atoms with van der Waals surface area (Å²) >= 11 is 1.43. The van der Waals surface area contributed by atoms with Crippen LogP contribution in [0.4, 0.5) is 5.00 Å². The van der Waals surface area contributed by atoms with Crippen molar-refractivity contribution in [3.63, 3.8) is 0 Å². The van der Waals surface area contributed by atoms with Crippen LogP contribution < -0.4 is 5.32 Å². The number of anilines is 1. The van der Waals surface area contributed by atoms with Crippen LogP contribution in [-0.2, 0) is 31.9 Å². The SMILES string of the molecule is CC(C)OC(=O)c1c(NC(=O)COC(=O)C2CC2)sc2c1CCCC2. The summed E-state index contributed by atoms with van der Waals surface area (Å²) < 4.78 is 10.4. The van der Waals surface area contributed by atoms with Crippen LogP contribution in [0.5, 0.6) is 0 Å². The molecule has 0 aromatic carbocycles. The lowest BCUT2D eigenvalue weighted by atomic mass is 9.95. The number of carbonyl (C=O) groups is 3. The highest BCUT2D eigenvalue weighted by Crippen LogP contribution is 2.38. The summed E-state index contributed by atoms with van der Waals surface area (Å²) in [6.07, 6.45) is 5.29. The average molecular weight is 365 g/mol. The normalized spacial score (nSPS) is 16.3. The van der Waals surface area contributed by atoms with Crippen molar-refractivity contribution in [1.29, 1.82) is 0 Å². The molecule has 3 rings (SSSR count). The zero-order valence-corrected chi connectivity index (χ0v) is 15.4. The molecule has 0 radical (unpaired) electrons. The molecule has 2 aliphatic carbocycles. The van der Waals surface area contributed by atoms with Crippen molar-refractivity contribution in [2.75, 3.05) is 11.9 Å². The number of aryl methyl sites for hydroxylation is 1. The summed E-state index contributed by atoms with van der Waals surface area (Å²) in [6.45, 7) is 3.27. The highest BCUT2D eigenvalue weighted by Gasteiger charge is 2.32. The summed E-state index contributed by atoms with van der Waals surface area (Å²) in [6, 6.07) is 0. The van der Waals surface area contributed by atoms with E-state index in [1.54, 1.807) is 13.8 Å². The Kier molecular flexibility index (Phi) is 5.42. The van der Waals surface area contributed by atoms with Crippen molar-refractivity contribution in [3.05, 3.63) is 16.0 Å². The molecule has 0 aliphatic heterocycles. The molecule has 1 N–H and O–H groups in total. The Labute approximate surface area is 150 Å². The molecule has 0 atom stereocenters. The van der Waals surface area contributed by atoms with Gasteiger partial charge in [-0.3, -0.25) is 9.59 Å². The van der Waals surface area contributed by atoms with Crippen LogP contribution in [0.3, 0.4) is 0 Å². The lowest BCUT2D eigenvalue weighted by molar-refractivity contribution is -0.148. The van der Waals surface area contributed by atoms with Crippen molar-refractivity contribution in [2.24, 2.45) is 5.92 Å². The van der Waals surface area contributed by atoms with Crippen molar-refractivity contribution in [1.82, 2.24) is 0 Å². The molecule has 1 saturated carbocycles. The maximum Gasteiger partial charge on any atom is 0.341 e. The molecule has 2 aliphatic rings. The number of amides is 1. The molecule has 1 aromatic rings. The monoisotopic (exact) mass is 365 g/mol. The highest BCUT2D eigenvalue weighted by molar-refractivity contribution is 7.17. The van der Waals surface area contributed by atoms with Crippen LogP contribution in [0.1, 0.15) is 60.3 Å². The fourth-order valence-electron chi connectivity index (χ4n) is 2.88. The molecule has 25 heavy (non-hydrogen) atoms. The molecule has 136 valence electrons. The van der Waals surface area contributed by atoms with E-state index in [0.29, 0.717) is 10.6 Å². The molecule has 7 heteroatoms. The van der Waals surface area contributed by atoms with Crippen molar-refractivity contribution < 1.29 is 23.9 Å². The third kappa shape index (κ3) is 4.39. The first-order chi connectivity index (χ1) is 12.0. The number of rotatable bonds is 6. The van der Waals surface area contributed by atoms with E-state index in [4.69, 9.17) is 9.47 Å². The predicted octanol–water partition coefficient (Wildman–Crippen LogP) is 3.08. The van der Waals surface area contributed by atoms with Crippen molar-refractivity contribution in [3.8, 4) is 0 Å². The van der Waals surface area contributed by atoms with E-state index in [1.165, 1.54) is 11.3 Å². The fraction of sp³-hybridized carbons (Fsp3) is 0.611. The van der Waals surface area contributed by atoms with E-state index in [1.807, 2.05) is 0 Å². The Balaban J connectivity index is 1.72. The van der Waals surface area contributed by atoms with Gasteiger partial charge >= 0.3 is 11.9 Å². The van der Waals surface area contributed by atoms with Gasteiger partial charge in [-0.1, -0.05) is 0 Å². The number of hydrogen-bond donors (Lipinski definition) is 1. The second-order valence-electron chi connectivity index (χ2n) is 6.80. The topological polar surface area (TPSA) is 81.7 Å². The molecule has 0 spiro atoms. The third-order valence-corrected chi connectivity index (χ3v) is 5.43. The summed E-state index contributed by atoms with van der Waals surface area (Å²) in [7, 11) is 0. The Morgan fingerprint density at radius 1 is 1.20 bits per heavy atom. The number of nitrogens with one attached hydrogen (secondary N) is 1. The van der Waals surface area contributed by atoms with Crippen molar-refractivity contribution >= 4 is 34.2 Å². The van der Waals surface area contributed by atoms with Gasteiger partial charge < -0.3 is 14.8 Å². The van der Waals surface area contributed by atoms with Crippen LogP contribution in [-0.4, -0.2) is 30.6 Å². The van der Waals surface area contributed by atoms with Gasteiger partial charge in [-0.15, -0.1) is 11.3 Å². The maximum atomic E-state index is 12.5. The van der Waals surface area contributed by atoms with E-state index >= 15 is 0 Å². The van der Waals surface area contributed by atoms with Gasteiger partial charge in [-0.25, -0.2) is 4.79 Å². The number of carbonyl (C=O) groups excluding carboxylic acids is 3. The zero-order chi connectivity index (χ0) is 18.0. The first-order valence-electron chi connectivity index (χ1n) is 8.77. The van der Waals surface area contributed by atoms with E-state index in [9.17, 15) is 14.4 Å². The summed E-state index contributed by atoms with van der Waals surface area (Å²) in [5, 5.41) is 3.24. The smallest absolute Gasteiger partial charge is 0.341 e. The molecule has 0 bridgehead atoms. The van der Waals surface area contributed by atoms with E-state index in [2.05, 4.69) is 5.32 Å². The molecule has 0 saturated heterocycles. The molecular formula is C18H23NO5S. The predicted molar refractivity (Wildman–Crippen MR) is 93.8 cm³/mol. The Morgan fingerprint density at radius 2 is 1.92 bits per heavy atom. The van der Waals surface area contributed by atoms with E-state index in [-0.39, 0.29) is 24.6 Å². The molecule has 1 amide bonds. The van der Waals surface area contributed by atoms with Crippen LogP contribution in [0.15, 0.2) is 0 Å². The molecular weight excluding hydrogens is 342 g/mol. The van der Waals surface area contributed by atoms with Gasteiger partial charge in [0.25, 0.3) is 5.91 Å². The van der Waals surface area contributed by atoms with Crippen molar-refractivity contribution in [2.45, 2.75) is 58.5 Å². The minimum absolute atomic E-state index is 0.0431. The summed E-state index contributed by atoms with van der Waals surface area (Å²) in [4.78, 5) is 37.3. The lowest BCUT2D eigenvalue weighted by Crippen LogP contribution is -2.22. The van der Waals surface area contributed by atoms with Crippen LogP contribution in [0, 0.1) is 5.92 Å². The van der Waals surface area contributed by atoms with Gasteiger partial charge in [-0.05, 0) is 57.9 Å². The first kappa shape index (κ1) is 17.9. The van der Waals surface area contributed by atoms with Gasteiger partial charge in [0.2, 0.25) is 0 Å².